The monoisotopic (exact) mass is 267 g/mol. The Balaban J connectivity index is 1.86. The van der Waals surface area contributed by atoms with Crippen molar-refractivity contribution in [3.05, 3.63) is 35.1 Å². The average Bonchev–Trinajstić information content (AvgIpc) is 2.30. The van der Waals surface area contributed by atoms with E-state index in [9.17, 15) is 4.39 Å². The highest BCUT2D eigenvalue weighted by Gasteiger charge is 2.19. The van der Waals surface area contributed by atoms with Crippen LogP contribution in [0.3, 0.4) is 0 Å². The van der Waals surface area contributed by atoms with E-state index in [0.29, 0.717) is 31.3 Å². The van der Waals surface area contributed by atoms with Crippen molar-refractivity contribution >= 4 is 0 Å². The molecule has 19 heavy (non-hydrogen) atoms. The molecule has 1 saturated heterocycles. The van der Waals surface area contributed by atoms with Crippen molar-refractivity contribution < 1.29 is 13.9 Å². The maximum absolute atomic E-state index is 13.7. The van der Waals surface area contributed by atoms with E-state index in [1.165, 1.54) is 6.07 Å². The van der Waals surface area contributed by atoms with Gasteiger partial charge in [0.25, 0.3) is 0 Å². The van der Waals surface area contributed by atoms with Gasteiger partial charge in [-0.2, -0.15) is 0 Å². The van der Waals surface area contributed by atoms with Crippen molar-refractivity contribution in [2.45, 2.75) is 33.1 Å². The Kier molecular flexibility index (Phi) is 5.31. The third-order valence-corrected chi connectivity index (χ3v) is 3.07. The Morgan fingerprint density at radius 3 is 2.84 bits per heavy atom. The first kappa shape index (κ1) is 14.4. The summed E-state index contributed by atoms with van der Waals surface area (Å²) in [6.45, 7) is 7.61. The van der Waals surface area contributed by atoms with Gasteiger partial charge in [-0.1, -0.05) is 19.9 Å². The Morgan fingerprint density at radius 2 is 2.21 bits per heavy atom. The van der Waals surface area contributed by atoms with Crippen molar-refractivity contribution in [2.24, 2.45) is 5.92 Å². The van der Waals surface area contributed by atoms with E-state index in [0.717, 1.165) is 18.7 Å². The number of halogens is 1. The quantitative estimate of drug-likeness (QED) is 0.823. The summed E-state index contributed by atoms with van der Waals surface area (Å²) < 4.78 is 24.2. The van der Waals surface area contributed by atoms with E-state index < -0.39 is 0 Å². The normalized spacial score (nSPS) is 15.8. The first-order valence-corrected chi connectivity index (χ1v) is 6.82. The SMILES string of the molecule is CC(C)CNCc1ccc(F)c(COC2COC2)c1. The predicted molar refractivity (Wildman–Crippen MR) is 72.3 cm³/mol. The Morgan fingerprint density at radius 1 is 1.42 bits per heavy atom. The lowest BCUT2D eigenvalue weighted by atomic mass is 10.1. The summed E-state index contributed by atoms with van der Waals surface area (Å²) in [5.41, 5.74) is 1.71. The van der Waals surface area contributed by atoms with Crippen LogP contribution < -0.4 is 5.32 Å². The van der Waals surface area contributed by atoms with Crippen LogP contribution in [0.15, 0.2) is 18.2 Å². The molecule has 0 aliphatic carbocycles. The Bertz CT molecular complexity index is 405. The fourth-order valence-electron chi connectivity index (χ4n) is 1.87. The summed E-state index contributed by atoms with van der Waals surface area (Å²) in [6, 6.07) is 5.21. The second kappa shape index (κ2) is 6.98. The molecule has 0 bridgehead atoms. The zero-order valence-electron chi connectivity index (χ0n) is 11.6. The summed E-state index contributed by atoms with van der Waals surface area (Å²) in [7, 11) is 0. The van der Waals surface area contributed by atoms with Crippen molar-refractivity contribution in [3.8, 4) is 0 Å². The molecule has 1 aliphatic heterocycles. The molecule has 1 fully saturated rings. The molecule has 0 aromatic heterocycles. The van der Waals surface area contributed by atoms with Crippen molar-refractivity contribution in [1.82, 2.24) is 5.32 Å². The number of hydrogen-bond donors (Lipinski definition) is 1. The summed E-state index contributed by atoms with van der Waals surface area (Å²) >= 11 is 0. The predicted octanol–water partition coefficient (Wildman–Crippen LogP) is 2.49. The molecule has 1 aromatic rings. The van der Waals surface area contributed by atoms with Gasteiger partial charge in [0.2, 0.25) is 0 Å². The molecule has 0 saturated carbocycles. The fraction of sp³-hybridized carbons (Fsp3) is 0.600. The van der Waals surface area contributed by atoms with Gasteiger partial charge < -0.3 is 14.8 Å². The smallest absolute Gasteiger partial charge is 0.128 e. The van der Waals surface area contributed by atoms with Crippen LogP contribution in [0, 0.1) is 11.7 Å². The van der Waals surface area contributed by atoms with Gasteiger partial charge in [0.05, 0.1) is 19.8 Å². The third-order valence-electron chi connectivity index (χ3n) is 3.07. The van der Waals surface area contributed by atoms with E-state index in [1.54, 1.807) is 0 Å². The summed E-state index contributed by atoms with van der Waals surface area (Å²) in [5, 5.41) is 3.35. The van der Waals surface area contributed by atoms with Crippen molar-refractivity contribution in [2.75, 3.05) is 19.8 Å². The van der Waals surface area contributed by atoms with E-state index in [1.807, 2.05) is 12.1 Å². The topological polar surface area (TPSA) is 30.5 Å². The Labute approximate surface area is 114 Å². The molecule has 1 N–H and O–H groups in total. The van der Waals surface area contributed by atoms with Gasteiger partial charge in [-0.15, -0.1) is 0 Å². The van der Waals surface area contributed by atoms with Crippen LogP contribution in [0.5, 0.6) is 0 Å². The first-order chi connectivity index (χ1) is 9.15. The van der Waals surface area contributed by atoms with Crippen LogP contribution in [0.4, 0.5) is 4.39 Å². The molecule has 0 atom stereocenters. The maximum atomic E-state index is 13.7. The molecule has 0 unspecified atom stereocenters. The number of nitrogens with one attached hydrogen (secondary N) is 1. The zero-order valence-corrected chi connectivity index (χ0v) is 11.6. The van der Waals surface area contributed by atoms with E-state index in [2.05, 4.69) is 19.2 Å². The van der Waals surface area contributed by atoms with Crippen LogP contribution in [-0.4, -0.2) is 25.9 Å². The minimum atomic E-state index is -0.201. The molecular formula is C15H22FNO2. The average molecular weight is 267 g/mol. The molecular weight excluding hydrogens is 245 g/mol. The second-order valence-corrected chi connectivity index (χ2v) is 5.42. The van der Waals surface area contributed by atoms with Gasteiger partial charge in [0.1, 0.15) is 11.9 Å². The van der Waals surface area contributed by atoms with Crippen molar-refractivity contribution in [3.63, 3.8) is 0 Å². The van der Waals surface area contributed by atoms with Crippen LogP contribution in [0.2, 0.25) is 0 Å². The third kappa shape index (κ3) is 4.56. The molecule has 106 valence electrons. The number of rotatable bonds is 7. The maximum Gasteiger partial charge on any atom is 0.128 e. The lowest BCUT2D eigenvalue weighted by molar-refractivity contribution is -0.135. The second-order valence-electron chi connectivity index (χ2n) is 5.42. The van der Waals surface area contributed by atoms with Gasteiger partial charge in [0, 0.05) is 12.1 Å². The minimum absolute atomic E-state index is 0.127. The van der Waals surface area contributed by atoms with Gasteiger partial charge in [-0.25, -0.2) is 4.39 Å². The van der Waals surface area contributed by atoms with Gasteiger partial charge >= 0.3 is 0 Å². The zero-order chi connectivity index (χ0) is 13.7. The highest BCUT2D eigenvalue weighted by Crippen LogP contribution is 2.15. The fourth-order valence-corrected chi connectivity index (χ4v) is 1.87. The highest BCUT2D eigenvalue weighted by molar-refractivity contribution is 5.24. The lowest BCUT2D eigenvalue weighted by Gasteiger charge is -2.26. The summed E-state index contributed by atoms with van der Waals surface area (Å²) in [5.74, 6) is 0.412. The van der Waals surface area contributed by atoms with Gasteiger partial charge in [-0.05, 0) is 30.2 Å². The van der Waals surface area contributed by atoms with E-state index >= 15 is 0 Å². The molecule has 1 aromatic carbocycles. The van der Waals surface area contributed by atoms with E-state index in [-0.39, 0.29) is 11.9 Å². The number of benzene rings is 1. The molecule has 0 spiro atoms. The minimum Gasteiger partial charge on any atom is -0.376 e. The molecule has 2 rings (SSSR count). The van der Waals surface area contributed by atoms with Crippen LogP contribution in [-0.2, 0) is 22.6 Å². The van der Waals surface area contributed by atoms with Crippen LogP contribution in [0.1, 0.15) is 25.0 Å². The number of hydrogen-bond acceptors (Lipinski definition) is 3. The number of ether oxygens (including phenoxy) is 2. The summed E-state index contributed by atoms with van der Waals surface area (Å²) in [6.07, 6.45) is 0.127. The highest BCUT2D eigenvalue weighted by atomic mass is 19.1. The molecule has 3 nitrogen and oxygen atoms in total. The Hall–Kier alpha value is -0.970. The van der Waals surface area contributed by atoms with E-state index in [4.69, 9.17) is 9.47 Å². The van der Waals surface area contributed by atoms with Crippen molar-refractivity contribution in [1.29, 1.82) is 0 Å². The molecule has 4 heteroatoms. The molecule has 1 aliphatic rings. The molecule has 1 heterocycles. The largest absolute Gasteiger partial charge is 0.376 e. The van der Waals surface area contributed by atoms with Gasteiger partial charge in [0.15, 0.2) is 0 Å². The standard InChI is InChI=1S/C15H22FNO2/c1-11(2)6-17-7-12-3-4-15(16)13(5-12)8-19-14-9-18-10-14/h3-5,11,14,17H,6-10H2,1-2H3. The lowest BCUT2D eigenvalue weighted by Crippen LogP contribution is -2.35. The summed E-state index contributed by atoms with van der Waals surface area (Å²) in [4.78, 5) is 0. The molecule has 0 radical (unpaired) electrons. The van der Waals surface area contributed by atoms with Crippen LogP contribution in [0.25, 0.3) is 0 Å². The van der Waals surface area contributed by atoms with Gasteiger partial charge in [-0.3, -0.25) is 0 Å². The molecule has 0 amide bonds. The first-order valence-electron chi connectivity index (χ1n) is 6.82. The van der Waals surface area contributed by atoms with Crippen LogP contribution >= 0.6 is 0 Å².